The maximum atomic E-state index is 11.7. The van der Waals surface area contributed by atoms with Crippen molar-refractivity contribution < 1.29 is 9.53 Å². The third-order valence-electron chi connectivity index (χ3n) is 2.33. The molecule has 0 saturated carbocycles. The van der Waals surface area contributed by atoms with Gasteiger partial charge in [-0.2, -0.15) is 5.10 Å². The molecule has 6 heteroatoms. The van der Waals surface area contributed by atoms with E-state index in [2.05, 4.69) is 20.2 Å². The maximum Gasteiger partial charge on any atom is 0.427 e. The van der Waals surface area contributed by atoms with Crippen LogP contribution in [0.15, 0.2) is 40.2 Å². The molecule has 0 bridgehead atoms. The van der Waals surface area contributed by atoms with Crippen LogP contribution in [0.2, 0.25) is 0 Å². The molecule has 2 rings (SSSR count). The first-order valence-electron chi connectivity index (χ1n) is 5.20. The summed E-state index contributed by atoms with van der Waals surface area (Å²) >= 11 is 0. The van der Waals surface area contributed by atoms with E-state index in [0.717, 1.165) is 10.9 Å². The first kappa shape index (κ1) is 11.8. The second kappa shape index (κ2) is 5.13. The Morgan fingerprint density at radius 3 is 3.00 bits per heavy atom. The number of ether oxygens (including phenoxy) is 1. The van der Waals surface area contributed by atoms with Gasteiger partial charge in [0.15, 0.2) is 0 Å². The molecule has 0 spiro atoms. The average molecular weight is 245 g/mol. The lowest BCUT2D eigenvalue weighted by Gasteiger charge is -1.99. The number of aromatic nitrogens is 1. The number of fused-ring (bicyclic) bond motifs is 1. The van der Waals surface area contributed by atoms with E-state index in [4.69, 9.17) is 0 Å². The zero-order valence-electron chi connectivity index (χ0n) is 9.64. The van der Waals surface area contributed by atoms with Crippen LogP contribution in [0.1, 0.15) is 5.56 Å². The average Bonchev–Trinajstić information content (AvgIpc) is 2.39. The van der Waals surface area contributed by atoms with E-state index >= 15 is 0 Å². The number of pyridine rings is 1. The predicted octanol–water partition coefficient (Wildman–Crippen LogP) is 1.22. The minimum Gasteiger partial charge on any atom is -0.452 e. The Morgan fingerprint density at radius 1 is 1.44 bits per heavy atom. The number of rotatable bonds is 2. The molecular formula is C12H11N3O3. The van der Waals surface area contributed by atoms with Crippen molar-refractivity contribution in [1.29, 1.82) is 0 Å². The summed E-state index contributed by atoms with van der Waals surface area (Å²) in [5, 5.41) is 4.50. The van der Waals surface area contributed by atoms with Crippen LogP contribution in [-0.2, 0) is 4.74 Å². The van der Waals surface area contributed by atoms with Gasteiger partial charge < -0.3 is 9.72 Å². The van der Waals surface area contributed by atoms with E-state index in [1.807, 2.05) is 24.3 Å². The van der Waals surface area contributed by atoms with Crippen LogP contribution >= 0.6 is 0 Å². The number of hydrogen-bond donors (Lipinski definition) is 2. The largest absolute Gasteiger partial charge is 0.452 e. The van der Waals surface area contributed by atoms with Crippen LogP contribution in [0.5, 0.6) is 0 Å². The molecule has 0 aliphatic heterocycles. The Morgan fingerprint density at radius 2 is 2.22 bits per heavy atom. The Bertz CT molecular complexity index is 661. The first-order valence-corrected chi connectivity index (χ1v) is 5.20. The van der Waals surface area contributed by atoms with Crippen LogP contribution in [-0.4, -0.2) is 24.4 Å². The van der Waals surface area contributed by atoms with Crippen LogP contribution in [0, 0.1) is 0 Å². The Labute approximate surface area is 102 Å². The fourth-order valence-electron chi connectivity index (χ4n) is 1.46. The Kier molecular flexibility index (Phi) is 3.38. The highest BCUT2D eigenvalue weighted by molar-refractivity contribution is 5.87. The standard InChI is InChI=1S/C12H11N3O3/c1-18-12(17)15-13-7-9-6-8-4-2-3-5-10(8)14-11(9)16/h2-7H,1H3,(H,14,16)(H,15,17)/b13-7+. The SMILES string of the molecule is COC(=O)N/N=C/c1cc2ccccc2[nH]c1=O. The van der Waals surface area contributed by atoms with Crippen molar-refractivity contribution in [3.63, 3.8) is 0 Å². The zero-order valence-corrected chi connectivity index (χ0v) is 9.64. The maximum absolute atomic E-state index is 11.7. The summed E-state index contributed by atoms with van der Waals surface area (Å²) in [6.07, 6.45) is 0.575. The lowest BCUT2D eigenvalue weighted by Crippen LogP contribution is -2.18. The number of H-pyrrole nitrogens is 1. The fourth-order valence-corrected chi connectivity index (χ4v) is 1.46. The lowest BCUT2D eigenvalue weighted by atomic mass is 10.2. The second-order valence-electron chi connectivity index (χ2n) is 3.50. The Balaban J connectivity index is 2.31. The van der Waals surface area contributed by atoms with Crippen molar-refractivity contribution in [3.05, 3.63) is 46.2 Å². The molecule has 0 fully saturated rings. The molecular weight excluding hydrogens is 234 g/mol. The molecule has 92 valence electrons. The minimum absolute atomic E-state index is 0.274. The van der Waals surface area contributed by atoms with Gasteiger partial charge in [-0.25, -0.2) is 10.2 Å². The molecule has 18 heavy (non-hydrogen) atoms. The fraction of sp³-hybridized carbons (Fsp3) is 0.0833. The summed E-state index contributed by atoms with van der Waals surface area (Å²) in [6.45, 7) is 0. The highest BCUT2D eigenvalue weighted by atomic mass is 16.5. The number of nitrogens with one attached hydrogen (secondary N) is 2. The Hall–Kier alpha value is -2.63. The molecule has 1 heterocycles. The number of carbonyl (C=O) groups excluding carboxylic acids is 1. The minimum atomic E-state index is -0.691. The summed E-state index contributed by atoms with van der Waals surface area (Å²) < 4.78 is 4.34. The molecule has 0 atom stereocenters. The van der Waals surface area contributed by atoms with Gasteiger partial charge in [0.25, 0.3) is 5.56 Å². The van der Waals surface area contributed by atoms with Crippen molar-refractivity contribution in [3.8, 4) is 0 Å². The van der Waals surface area contributed by atoms with Gasteiger partial charge in [0.2, 0.25) is 0 Å². The molecule has 1 aromatic carbocycles. The van der Waals surface area contributed by atoms with Gasteiger partial charge in [0.1, 0.15) is 0 Å². The number of para-hydroxylation sites is 1. The summed E-state index contributed by atoms with van der Waals surface area (Å²) in [5.41, 5.74) is 2.94. The number of nitrogens with zero attached hydrogens (tertiary/aromatic N) is 1. The van der Waals surface area contributed by atoms with Crippen molar-refractivity contribution in [1.82, 2.24) is 10.4 Å². The first-order chi connectivity index (χ1) is 8.70. The zero-order chi connectivity index (χ0) is 13.0. The van der Waals surface area contributed by atoms with E-state index in [1.54, 1.807) is 6.07 Å². The van der Waals surface area contributed by atoms with E-state index in [1.165, 1.54) is 13.3 Å². The highest BCUT2D eigenvalue weighted by Gasteiger charge is 2.00. The van der Waals surface area contributed by atoms with Crippen molar-refractivity contribution in [2.75, 3.05) is 7.11 Å². The number of benzene rings is 1. The molecule has 0 aliphatic rings. The second-order valence-corrected chi connectivity index (χ2v) is 3.50. The van der Waals surface area contributed by atoms with Crippen LogP contribution in [0.4, 0.5) is 4.79 Å². The molecule has 2 aromatic rings. The molecule has 0 aliphatic carbocycles. The van der Waals surface area contributed by atoms with E-state index < -0.39 is 6.09 Å². The number of hydrogen-bond acceptors (Lipinski definition) is 4. The molecule has 0 radical (unpaired) electrons. The predicted molar refractivity (Wildman–Crippen MR) is 67.7 cm³/mol. The van der Waals surface area contributed by atoms with Gasteiger partial charge in [0, 0.05) is 5.52 Å². The third-order valence-corrected chi connectivity index (χ3v) is 2.33. The number of amides is 1. The van der Waals surface area contributed by atoms with E-state index in [9.17, 15) is 9.59 Å². The number of carbonyl (C=O) groups is 1. The smallest absolute Gasteiger partial charge is 0.427 e. The monoisotopic (exact) mass is 245 g/mol. The molecule has 0 unspecified atom stereocenters. The third kappa shape index (κ3) is 2.54. The molecule has 1 aromatic heterocycles. The van der Waals surface area contributed by atoms with Gasteiger partial charge in [-0.05, 0) is 17.5 Å². The topological polar surface area (TPSA) is 83.5 Å². The summed E-state index contributed by atoms with van der Waals surface area (Å²) in [4.78, 5) is 25.2. The number of hydrazone groups is 1. The number of methoxy groups -OCH3 is 1. The van der Waals surface area contributed by atoms with Crippen molar-refractivity contribution in [2.45, 2.75) is 0 Å². The summed E-state index contributed by atoms with van der Waals surface area (Å²) in [7, 11) is 1.23. The van der Waals surface area contributed by atoms with Gasteiger partial charge >= 0.3 is 6.09 Å². The number of aromatic amines is 1. The van der Waals surface area contributed by atoms with Gasteiger partial charge in [0.05, 0.1) is 18.9 Å². The quantitative estimate of drug-likeness (QED) is 0.616. The summed E-state index contributed by atoms with van der Waals surface area (Å²) in [6, 6.07) is 9.08. The normalized spacial score (nSPS) is 10.7. The highest BCUT2D eigenvalue weighted by Crippen LogP contribution is 2.08. The van der Waals surface area contributed by atoms with Crippen molar-refractivity contribution >= 4 is 23.2 Å². The lowest BCUT2D eigenvalue weighted by molar-refractivity contribution is 0.171. The molecule has 2 N–H and O–H groups in total. The van der Waals surface area contributed by atoms with Gasteiger partial charge in [-0.3, -0.25) is 4.79 Å². The van der Waals surface area contributed by atoms with Crippen LogP contribution < -0.4 is 11.0 Å². The molecule has 1 amide bonds. The van der Waals surface area contributed by atoms with Crippen LogP contribution in [0.25, 0.3) is 10.9 Å². The van der Waals surface area contributed by atoms with Crippen molar-refractivity contribution in [2.24, 2.45) is 5.10 Å². The van der Waals surface area contributed by atoms with Crippen LogP contribution in [0.3, 0.4) is 0 Å². The van der Waals surface area contributed by atoms with E-state index in [-0.39, 0.29) is 5.56 Å². The van der Waals surface area contributed by atoms with E-state index in [0.29, 0.717) is 5.56 Å². The molecule has 6 nitrogen and oxygen atoms in total. The van der Waals surface area contributed by atoms with Gasteiger partial charge in [-0.15, -0.1) is 0 Å². The van der Waals surface area contributed by atoms with Gasteiger partial charge in [-0.1, -0.05) is 18.2 Å². The molecule has 0 saturated heterocycles. The summed E-state index contributed by atoms with van der Waals surface area (Å²) in [5.74, 6) is 0.